The molecule has 0 bridgehead atoms. The van der Waals surface area contributed by atoms with Crippen LogP contribution in [-0.2, 0) is 16.1 Å². The first-order valence-electron chi connectivity index (χ1n) is 9.98. The topological polar surface area (TPSA) is 67.2 Å². The van der Waals surface area contributed by atoms with Crippen molar-refractivity contribution in [1.29, 1.82) is 0 Å². The van der Waals surface area contributed by atoms with Gasteiger partial charge in [-0.3, -0.25) is 14.3 Å². The average molecular weight is 383 g/mol. The minimum Gasteiger partial charge on any atom is -0.355 e. The number of carbonyl (C=O) groups is 2. The summed E-state index contributed by atoms with van der Waals surface area (Å²) in [7, 11) is 0. The fourth-order valence-electron chi connectivity index (χ4n) is 3.83. The number of hydrogen-bond acceptors (Lipinski definition) is 3. The summed E-state index contributed by atoms with van der Waals surface area (Å²) >= 11 is 0. The molecule has 1 aromatic carbocycles. The smallest absolute Gasteiger partial charge is 0.225 e. The number of hydrogen-bond donors (Lipinski definition) is 1. The molecular formula is C22H30N4O2. The van der Waals surface area contributed by atoms with Crippen molar-refractivity contribution in [3.05, 3.63) is 53.3 Å². The predicted octanol–water partition coefficient (Wildman–Crippen LogP) is 2.86. The van der Waals surface area contributed by atoms with Gasteiger partial charge in [0.1, 0.15) is 0 Å². The molecule has 1 aliphatic rings. The maximum absolute atomic E-state index is 12.6. The second-order valence-electron chi connectivity index (χ2n) is 7.99. The van der Waals surface area contributed by atoms with Gasteiger partial charge in [-0.1, -0.05) is 37.3 Å². The third kappa shape index (κ3) is 4.61. The lowest BCUT2D eigenvalue weighted by Gasteiger charge is -2.25. The minimum absolute atomic E-state index is 0.0172. The Morgan fingerprint density at radius 3 is 2.61 bits per heavy atom. The Hall–Kier alpha value is -2.63. The first-order chi connectivity index (χ1) is 13.3. The highest BCUT2D eigenvalue weighted by Crippen LogP contribution is 2.28. The summed E-state index contributed by atoms with van der Waals surface area (Å²) in [6, 6.07) is 12.0. The molecule has 6 nitrogen and oxygen atoms in total. The Bertz CT molecular complexity index is 830. The highest BCUT2D eigenvalue weighted by Gasteiger charge is 2.36. The van der Waals surface area contributed by atoms with Crippen LogP contribution in [0, 0.1) is 25.7 Å². The van der Waals surface area contributed by atoms with E-state index in [1.165, 1.54) is 0 Å². The number of carbonyl (C=O) groups excluding carboxylic acids is 2. The van der Waals surface area contributed by atoms with Gasteiger partial charge in [0, 0.05) is 31.7 Å². The molecular weight excluding hydrogens is 352 g/mol. The molecule has 1 N–H and O–H groups in total. The summed E-state index contributed by atoms with van der Waals surface area (Å²) in [5, 5.41) is 7.51. The number of likely N-dealkylation sites (tertiary alicyclic amines) is 1. The zero-order chi connectivity index (χ0) is 20.3. The lowest BCUT2D eigenvalue weighted by atomic mass is 10.1. The Morgan fingerprint density at radius 1 is 1.25 bits per heavy atom. The summed E-state index contributed by atoms with van der Waals surface area (Å²) in [4.78, 5) is 26.9. The van der Waals surface area contributed by atoms with Crippen molar-refractivity contribution in [3.8, 4) is 0 Å². The van der Waals surface area contributed by atoms with Crippen LogP contribution in [0.3, 0.4) is 0 Å². The number of rotatable bonds is 7. The molecule has 6 heteroatoms. The molecule has 1 fully saturated rings. The number of nitrogens with zero attached hydrogens (tertiary/aromatic N) is 3. The molecule has 3 rings (SSSR count). The van der Waals surface area contributed by atoms with Crippen LogP contribution in [0.1, 0.15) is 43.3 Å². The molecule has 0 spiro atoms. The van der Waals surface area contributed by atoms with Crippen LogP contribution in [0.5, 0.6) is 0 Å². The predicted molar refractivity (Wildman–Crippen MR) is 109 cm³/mol. The number of nitrogens with one attached hydrogen (secondary N) is 1. The monoisotopic (exact) mass is 382 g/mol. The maximum Gasteiger partial charge on any atom is 0.225 e. The zero-order valence-electron chi connectivity index (χ0n) is 17.2. The van der Waals surface area contributed by atoms with E-state index < -0.39 is 0 Å². The number of aryl methyl sites for hydroxylation is 2. The van der Waals surface area contributed by atoms with Gasteiger partial charge < -0.3 is 10.2 Å². The molecule has 1 aromatic heterocycles. The van der Waals surface area contributed by atoms with Gasteiger partial charge in [0.2, 0.25) is 11.8 Å². The summed E-state index contributed by atoms with van der Waals surface area (Å²) in [6.07, 6.45) is 0.287. The molecule has 28 heavy (non-hydrogen) atoms. The van der Waals surface area contributed by atoms with Crippen molar-refractivity contribution in [2.45, 2.75) is 46.7 Å². The van der Waals surface area contributed by atoms with E-state index in [0.717, 1.165) is 23.5 Å². The van der Waals surface area contributed by atoms with E-state index >= 15 is 0 Å². The van der Waals surface area contributed by atoms with Gasteiger partial charge in [-0.2, -0.15) is 5.10 Å². The van der Waals surface area contributed by atoms with E-state index in [1.807, 2.05) is 60.7 Å². The molecule has 2 aromatic rings. The zero-order valence-corrected chi connectivity index (χ0v) is 17.2. The van der Waals surface area contributed by atoms with Crippen molar-refractivity contribution in [2.75, 3.05) is 13.1 Å². The first-order valence-corrected chi connectivity index (χ1v) is 9.98. The molecule has 2 heterocycles. The lowest BCUT2D eigenvalue weighted by Crippen LogP contribution is -2.36. The lowest BCUT2D eigenvalue weighted by molar-refractivity contribution is -0.130. The standard InChI is InChI=1S/C22H30N4O2/c1-15(13-26-17(3)10-16(2)24-26)12-23-22(28)20-11-21(27)25(14-20)18(4)19-8-6-5-7-9-19/h5-10,15,18,20H,11-14H2,1-4H3,(H,23,28). The van der Waals surface area contributed by atoms with Gasteiger partial charge in [-0.25, -0.2) is 0 Å². The Balaban J connectivity index is 1.51. The van der Waals surface area contributed by atoms with Crippen LogP contribution in [-0.4, -0.2) is 39.6 Å². The van der Waals surface area contributed by atoms with E-state index in [4.69, 9.17) is 0 Å². The fourth-order valence-corrected chi connectivity index (χ4v) is 3.83. The molecule has 0 aliphatic carbocycles. The number of benzene rings is 1. The minimum atomic E-state index is -0.278. The van der Waals surface area contributed by atoms with E-state index in [0.29, 0.717) is 13.1 Å². The van der Waals surface area contributed by atoms with Crippen molar-refractivity contribution < 1.29 is 9.59 Å². The molecule has 2 amide bonds. The third-order valence-electron chi connectivity index (χ3n) is 5.49. The van der Waals surface area contributed by atoms with Crippen LogP contribution >= 0.6 is 0 Å². The van der Waals surface area contributed by atoms with E-state index in [1.54, 1.807) is 0 Å². The fraction of sp³-hybridized carbons (Fsp3) is 0.500. The largest absolute Gasteiger partial charge is 0.355 e. The highest BCUT2D eigenvalue weighted by atomic mass is 16.2. The van der Waals surface area contributed by atoms with Crippen LogP contribution < -0.4 is 5.32 Å². The van der Waals surface area contributed by atoms with Crippen molar-refractivity contribution in [2.24, 2.45) is 11.8 Å². The van der Waals surface area contributed by atoms with Crippen molar-refractivity contribution in [3.63, 3.8) is 0 Å². The van der Waals surface area contributed by atoms with Crippen LogP contribution in [0.2, 0.25) is 0 Å². The highest BCUT2D eigenvalue weighted by molar-refractivity contribution is 5.89. The molecule has 0 saturated carbocycles. The summed E-state index contributed by atoms with van der Waals surface area (Å²) in [5.41, 5.74) is 3.23. The SMILES string of the molecule is Cc1cc(C)n(CC(C)CNC(=O)C2CC(=O)N(C(C)c3ccccc3)C2)n1. The summed E-state index contributed by atoms with van der Waals surface area (Å²) in [5.74, 6) is 0.00136. The number of aromatic nitrogens is 2. The van der Waals surface area contributed by atoms with Crippen molar-refractivity contribution in [1.82, 2.24) is 20.0 Å². The molecule has 3 unspecified atom stereocenters. The van der Waals surface area contributed by atoms with Crippen LogP contribution in [0.15, 0.2) is 36.4 Å². The second-order valence-corrected chi connectivity index (χ2v) is 7.99. The Kier molecular flexibility index (Phi) is 6.17. The number of amides is 2. The van der Waals surface area contributed by atoms with Gasteiger partial charge in [0.05, 0.1) is 17.7 Å². The average Bonchev–Trinajstić information content (AvgIpc) is 3.21. The Morgan fingerprint density at radius 2 is 1.96 bits per heavy atom. The van der Waals surface area contributed by atoms with Gasteiger partial charge in [-0.15, -0.1) is 0 Å². The van der Waals surface area contributed by atoms with E-state index in [-0.39, 0.29) is 36.1 Å². The van der Waals surface area contributed by atoms with Crippen molar-refractivity contribution >= 4 is 11.8 Å². The molecule has 150 valence electrons. The van der Waals surface area contributed by atoms with Gasteiger partial charge in [0.25, 0.3) is 0 Å². The summed E-state index contributed by atoms with van der Waals surface area (Å²) < 4.78 is 1.98. The van der Waals surface area contributed by atoms with E-state index in [9.17, 15) is 9.59 Å². The van der Waals surface area contributed by atoms with Crippen LogP contribution in [0.25, 0.3) is 0 Å². The molecule has 1 aliphatic heterocycles. The third-order valence-corrected chi connectivity index (χ3v) is 5.49. The van der Waals surface area contributed by atoms with Crippen LogP contribution in [0.4, 0.5) is 0 Å². The second kappa shape index (κ2) is 8.59. The summed E-state index contributed by atoms with van der Waals surface area (Å²) in [6.45, 7) is 9.96. The molecule has 3 atom stereocenters. The normalized spacial score (nSPS) is 18.9. The van der Waals surface area contributed by atoms with Gasteiger partial charge in [-0.05, 0) is 38.3 Å². The van der Waals surface area contributed by atoms with E-state index in [2.05, 4.69) is 23.4 Å². The Labute approximate surface area is 166 Å². The molecule has 0 radical (unpaired) electrons. The quantitative estimate of drug-likeness (QED) is 0.801. The van der Waals surface area contributed by atoms with Gasteiger partial charge >= 0.3 is 0 Å². The van der Waals surface area contributed by atoms with Gasteiger partial charge in [0.15, 0.2) is 0 Å². The maximum atomic E-state index is 12.6. The molecule has 1 saturated heterocycles. The first kappa shape index (κ1) is 20.1.